The predicted molar refractivity (Wildman–Crippen MR) is 111 cm³/mol. The van der Waals surface area contributed by atoms with Gasteiger partial charge >= 0.3 is 0 Å². The van der Waals surface area contributed by atoms with Crippen molar-refractivity contribution in [2.75, 3.05) is 27.2 Å². The molecule has 0 saturated carbocycles. The minimum atomic E-state index is -0.0817. The lowest BCUT2D eigenvalue weighted by Gasteiger charge is -2.16. The number of para-hydroxylation sites is 3. The van der Waals surface area contributed by atoms with Gasteiger partial charge in [-0.1, -0.05) is 24.3 Å². The number of hydrogen-bond donors (Lipinski definition) is 0. The highest BCUT2D eigenvalue weighted by Gasteiger charge is 2.13. The molecule has 5 nitrogen and oxygen atoms in total. The number of fused-ring (bicyclic) bond motifs is 1. The van der Waals surface area contributed by atoms with E-state index in [0.717, 1.165) is 12.2 Å². The van der Waals surface area contributed by atoms with Gasteiger partial charge in [0.1, 0.15) is 18.2 Å². The molecular weight excluding hydrogens is 373 g/mol. The molecule has 3 rings (SSSR count). The highest BCUT2D eigenvalue weighted by Crippen LogP contribution is 2.23. The summed E-state index contributed by atoms with van der Waals surface area (Å²) in [4.78, 5) is 19.6. The van der Waals surface area contributed by atoms with Gasteiger partial charge in [-0.05, 0) is 45.3 Å². The van der Waals surface area contributed by atoms with E-state index in [1.54, 1.807) is 10.6 Å². The summed E-state index contributed by atoms with van der Waals surface area (Å²) in [7, 11) is 3.99. The fraction of sp³-hybridized carbons (Fsp3) is 0.263. The van der Waals surface area contributed by atoms with Crippen molar-refractivity contribution in [3.05, 3.63) is 64.7 Å². The number of likely N-dealkylation sites (N-methyl/N-ethyl adjacent to an activating group) is 1. The van der Waals surface area contributed by atoms with Crippen molar-refractivity contribution in [2.45, 2.75) is 6.92 Å². The normalized spacial score (nSPS) is 10.3. The van der Waals surface area contributed by atoms with E-state index in [1.807, 2.05) is 63.5 Å². The molecule has 1 heterocycles. The van der Waals surface area contributed by atoms with E-state index < -0.39 is 0 Å². The van der Waals surface area contributed by atoms with Crippen LogP contribution in [0.1, 0.15) is 5.82 Å². The Morgan fingerprint density at radius 3 is 2.42 bits per heavy atom. The van der Waals surface area contributed by atoms with Crippen molar-refractivity contribution in [3.8, 4) is 11.4 Å². The molecule has 0 radical (unpaired) electrons. The number of hydrogen-bond acceptors (Lipinski definition) is 4. The van der Waals surface area contributed by atoms with Crippen LogP contribution in [-0.4, -0.2) is 41.7 Å². The summed E-state index contributed by atoms with van der Waals surface area (Å²) in [6.45, 7) is 3.20. The summed E-state index contributed by atoms with van der Waals surface area (Å²) in [6, 6.07) is 15.0. The number of aryl methyl sites for hydroxylation is 1. The fourth-order valence-corrected chi connectivity index (χ4v) is 2.63. The molecule has 140 valence electrons. The van der Waals surface area contributed by atoms with Crippen LogP contribution in [0.4, 0.5) is 0 Å². The zero-order chi connectivity index (χ0) is 17.1. The van der Waals surface area contributed by atoms with Gasteiger partial charge in [-0.2, -0.15) is 0 Å². The first-order valence-corrected chi connectivity index (χ1v) is 7.93. The van der Waals surface area contributed by atoms with Crippen LogP contribution in [0.2, 0.25) is 0 Å². The fourth-order valence-electron chi connectivity index (χ4n) is 2.63. The van der Waals surface area contributed by atoms with Crippen LogP contribution in [0.5, 0.6) is 5.75 Å². The van der Waals surface area contributed by atoms with Crippen LogP contribution in [0.25, 0.3) is 16.6 Å². The zero-order valence-electron chi connectivity index (χ0n) is 15.0. The van der Waals surface area contributed by atoms with E-state index in [2.05, 4.69) is 9.88 Å². The molecule has 26 heavy (non-hydrogen) atoms. The van der Waals surface area contributed by atoms with E-state index in [9.17, 15) is 4.79 Å². The SMILES string of the molecule is Cc1nc2ccccc2c(=O)n1-c1ccccc1OCCN(C)C.Cl.Cl. The van der Waals surface area contributed by atoms with E-state index in [4.69, 9.17) is 4.74 Å². The van der Waals surface area contributed by atoms with Gasteiger partial charge in [-0.15, -0.1) is 24.8 Å². The Morgan fingerprint density at radius 1 is 1.04 bits per heavy atom. The molecule has 0 bridgehead atoms. The Kier molecular flexibility index (Phi) is 8.08. The van der Waals surface area contributed by atoms with Crippen LogP contribution in [0.3, 0.4) is 0 Å². The number of benzene rings is 2. The van der Waals surface area contributed by atoms with E-state index >= 15 is 0 Å². The van der Waals surface area contributed by atoms with Crippen molar-refractivity contribution in [1.29, 1.82) is 0 Å². The minimum Gasteiger partial charge on any atom is -0.490 e. The first kappa shape index (κ1) is 22.0. The molecule has 3 aromatic rings. The van der Waals surface area contributed by atoms with Gasteiger partial charge < -0.3 is 9.64 Å². The number of aromatic nitrogens is 2. The molecule has 0 aliphatic rings. The summed E-state index contributed by atoms with van der Waals surface area (Å²) in [6.07, 6.45) is 0. The third-order valence-electron chi connectivity index (χ3n) is 3.85. The minimum absolute atomic E-state index is 0. The lowest BCUT2D eigenvalue weighted by atomic mass is 10.2. The average Bonchev–Trinajstić information content (AvgIpc) is 2.56. The molecular formula is C19H23Cl2N3O2. The van der Waals surface area contributed by atoms with Crippen LogP contribution in [0.15, 0.2) is 53.3 Å². The molecule has 0 amide bonds. The Hall–Kier alpha value is -2.08. The largest absolute Gasteiger partial charge is 0.490 e. The van der Waals surface area contributed by atoms with Crippen LogP contribution >= 0.6 is 24.8 Å². The van der Waals surface area contributed by atoms with E-state index in [1.165, 1.54) is 0 Å². The lowest BCUT2D eigenvalue weighted by Crippen LogP contribution is -2.24. The van der Waals surface area contributed by atoms with Crippen LogP contribution in [0, 0.1) is 6.92 Å². The van der Waals surface area contributed by atoms with Crippen molar-refractivity contribution in [2.24, 2.45) is 0 Å². The van der Waals surface area contributed by atoms with Crippen LogP contribution < -0.4 is 10.3 Å². The predicted octanol–water partition coefficient (Wildman–Crippen LogP) is 3.48. The number of rotatable bonds is 5. The van der Waals surface area contributed by atoms with Gasteiger partial charge in [0.25, 0.3) is 5.56 Å². The Morgan fingerprint density at radius 2 is 1.69 bits per heavy atom. The number of ether oxygens (including phenoxy) is 1. The molecule has 0 atom stereocenters. The molecule has 7 heteroatoms. The molecule has 0 fully saturated rings. The summed E-state index contributed by atoms with van der Waals surface area (Å²) < 4.78 is 7.51. The summed E-state index contributed by atoms with van der Waals surface area (Å²) in [5.74, 6) is 1.32. The molecule has 2 aromatic carbocycles. The molecule has 1 aromatic heterocycles. The summed E-state index contributed by atoms with van der Waals surface area (Å²) in [5.41, 5.74) is 1.35. The Balaban J connectivity index is 0.00000169. The highest BCUT2D eigenvalue weighted by atomic mass is 35.5. The average molecular weight is 396 g/mol. The quantitative estimate of drug-likeness (QED) is 0.663. The van der Waals surface area contributed by atoms with Crippen molar-refractivity contribution in [1.82, 2.24) is 14.5 Å². The second kappa shape index (κ2) is 9.57. The molecule has 0 N–H and O–H groups in total. The Labute approximate surface area is 165 Å². The number of nitrogens with zero attached hydrogens (tertiary/aromatic N) is 3. The van der Waals surface area contributed by atoms with Gasteiger partial charge in [0.2, 0.25) is 0 Å². The molecule has 0 saturated heterocycles. The zero-order valence-corrected chi connectivity index (χ0v) is 16.6. The summed E-state index contributed by atoms with van der Waals surface area (Å²) >= 11 is 0. The van der Waals surface area contributed by atoms with Gasteiger partial charge in [-0.3, -0.25) is 9.36 Å². The third kappa shape index (κ3) is 4.55. The maximum Gasteiger partial charge on any atom is 0.266 e. The van der Waals surface area contributed by atoms with Gasteiger partial charge in [0.15, 0.2) is 0 Å². The van der Waals surface area contributed by atoms with E-state index in [0.29, 0.717) is 29.1 Å². The monoisotopic (exact) mass is 395 g/mol. The van der Waals surface area contributed by atoms with Gasteiger partial charge in [-0.25, -0.2) is 4.98 Å². The first-order valence-electron chi connectivity index (χ1n) is 7.93. The van der Waals surface area contributed by atoms with Crippen LogP contribution in [-0.2, 0) is 0 Å². The standard InChI is InChI=1S/C19H21N3O2.2ClH/c1-14-20-16-9-5-4-8-15(16)19(23)22(14)17-10-6-7-11-18(17)24-13-12-21(2)3;;/h4-11H,12-13H2,1-3H3;2*1H. The second-order valence-corrected chi connectivity index (χ2v) is 5.94. The molecule has 0 unspecified atom stereocenters. The lowest BCUT2D eigenvalue weighted by molar-refractivity contribution is 0.261. The molecule has 0 aliphatic heterocycles. The first-order chi connectivity index (χ1) is 11.6. The third-order valence-corrected chi connectivity index (χ3v) is 3.85. The van der Waals surface area contributed by atoms with Crippen molar-refractivity contribution >= 4 is 35.7 Å². The second-order valence-electron chi connectivity index (χ2n) is 5.94. The van der Waals surface area contributed by atoms with Gasteiger partial charge in [0, 0.05) is 6.54 Å². The molecule has 0 aliphatic carbocycles. The van der Waals surface area contributed by atoms with E-state index in [-0.39, 0.29) is 30.4 Å². The summed E-state index contributed by atoms with van der Waals surface area (Å²) in [5, 5.41) is 0.603. The van der Waals surface area contributed by atoms with Gasteiger partial charge in [0.05, 0.1) is 16.6 Å². The van der Waals surface area contributed by atoms with Crippen molar-refractivity contribution < 1.29 is 4.74 Å². The number of halogens is 2. The smallest absolute Gasteiger partial charge is 0.266 e. The molecule has 0 spiro atoms. The highest BCUT2D eigenvalue weighted by molar-refractivity contribution is 5.85. The topological polar surface area (TPSA) is 47.4 Å². The maximum atomic E-state index is 12.9. The Bertz CT molecular complexity index is 926. The maximum absolute atomic E-state index is 12.9. The van der Waals surface area contributed by atoms with Crippen molar-refractivity contribution in [3.63, 3.8) is 0 Å².